The van der Waals surface area contributed by atoms with Crippen molar-refractivity contribution in [2.24, 2.45) is 16.6 Å². The molecule has 1 rings (SSSR count). The third kappa shape index (κ3) is 2.23. The molecular formula is C14H21NO4. The molecule has 1 aliphatic rings. The quantitative estimate of drug-likeness (QED) is 0.336. The highest BCUT2D eigenvalue weighted by molar-refractivity contribution is 6.58. The third-order valence-electron chi connectivity index (χ3n) is 4.16. The zero-order valence-electron chi connectivity index (χ0n) is 11.7. The molecule has 0 saturated heterocycles. The highest BCUT2D eigenvalue weighted by Crippen LogP contribution is 2.43. The molecule has 0 aromatic heterocycles. The average molecular weight is 267 g/mol. The van der Waals surface area contributed by atoms with Crippen LogP contribution in [0.2, 0.25) is 0 Å². The Balaban J connectivity index is 2.81. The van der Waals surface area contributed by atoms with E-state index >= 15 is 0 Å². The van der Waals surface area contributed by atoms with Gasteiger partial charge in [-0.2, -0.15) is 0 Å². The van der Waals surface area contributed by atoms with E-state index in [2.05, 4.69) is 6.58 Å². The van der Waals surface area contributed by atoms with Crippen LogP contribution in [0.25, 0.3) is 0 Å². The molecule has 0 aliphatic heterocycles. The number of carbonyl (C=O) groups is 3. The van der Waals surface area contributed by atoms with Crippen LogP contribution in [-0.2, 0) is 19.1 Å². The van der Waals surface area contributed by atoms with Gasteiger partial charge < -0.3 is 10.5 Å². The molecule has 0 spiro atoms. The van der Waals surface area contributed by atoms with Crippen LogP contribution in [0.15, 0.2) is 12.2 Å². The Hall–Kier alpha value is -1.49. The summed E-state index contributed by atoms with van der Waals surface area (Å²) in [5.41, 5.74) is 3.90. The van der Waals surface area contributed by atoms with Crippen molar-refractivity contribution in [3.63, 3.8) is 0 Å². The van der Waals surface area contributed by atoms with Crippen molar-refractivity contribution in [1.82, 2.24) is 0 Å². The summed E-state index contributed by atoms with van der Waals surface area (Å²) in [6, 6.07) is 0. The van der Waals surface area contributed by atoms with E-state index < -0.39 is 23.0 Å². The first kappa shape index (κ1) is 15.6. The van der Waals surface area contributed by atoms with Crippen molar-refractivity contribution in [3.05, 3.63) is 12.2 Å². The van der Waals surface area contributed by atoms with Crippen LogP contribution in [0, 0.1) is 10.8 Å². The maximum atomic E-state index is 12.1. The number of ketones is 2. The van der Waals surface area contributed by atoms with Crippen LogP contribution >= 0.6 is 0 Å². The molecule has 0 amide bonds. The molecule has 0 heterocycles. The summed E-state index contributed by atoms with van der Waals surface area (Å²) >= 11 is 0. The monoisotopic (exact) mass is 267 g/mol. The van der Waals surface area contributed by atoms with Gasteiger partial charge in [0.05, 0.1) is 6.61 Å². The summed E-state index contributed by atoms with van der Waals surface area (Å²) in [6.07, 6.45) is 0.949. The van der Waals surface area contributed by atoms with Crippen molar-refractivity contribution >= 4 is 17.5 Å². The molecule has 1 saturated carbocycles. The van der Waals surface area contributed by atoms with Gasteiger partial charge in [0.2, 0.25) is 11.6 Å². The lowest BCUT2D eigenvalue weighted by Gasteiger charge is -2.38. The van der Waals surface area contributed by atoms with Crippen LogP contribution < -0.4 is 5.73 Å². The van der Waals surface area contributed by atoms with Gasteiger partial charge in [-0.3, -0.25) is 14.4 Å². The van der Waals surface area contributed by atoms with E-state index in [1.165, 1.54) is 0 Å². The van der Waals surface area contributed by atoms with Gasteiger partial charge in [0.15, 0.2) is 5.41 Å². The van der Waals surface area contributed by atoms with Crippen molar-refractivity contribution < 1.29 is 19.1 Å². The smallest absolute Gasteiger partial charge is 0.324 e. The zero-order valence-corrected chi connectivity index (χ0v) is 11.7. The molecule has 0 aromatic rings. The van der Waals surface area contributed by atoms with Crippen molar-refractivity contribution in [1.29, 1.82) is 0 Å². The lowest BCUT2D eigenvalue weighted by Crippen LogP contribution is -2.57. The molecule has 2 unspecified atom stereocenters. The van der Waals surface area contributed by atoms with Gasteiger partial charge in [0.1, 0.15) is 0 Å². The number of hydrogen-bond acceptors (Lipinski definition) is 5. The van der Waals surface area contributed by atoms with E-state index in [9.17, 15) is 14.4 Å². The number of carbonyl (C=O) groups excluding carboxylic acids is 3. The first-order valence-corrected chi connectivity index (χ1v) is 6.45. The molecular weight excluding hydrogens is 246 g/mol. The predicted molar refractivity (Wildman–Crippen MR) is 70.3 cm³/mol. The Morgan fingerprint density at radius 3 is 2.37 bits per heavy atom. The van der Waals surface area contributed by atoms with E-state index in [1.54, 1.807) is 6.92 Å². The third-order valence-corrected chi connectivity index (χ3v) is 4.16. The fraction of sp³-hybridized carbons (Fsp3) is 0.643. The Morgan fingerprint density at radius 2 is 2.00 bits per heavy atom. The van der Waals surface area contributed by atoms with E-state index in [-0.39, 0.29) is 24.0 Å². The van der Waals surface area contributed by atoms with Gasteiger partial charge in [0, 0.05) is 17.5 Å². The van der Waals surface area contributed by atoms with E-state index in [1.807, 2.05) is 13.8 Å². The van der Waals surface area contributed by atoms with Crippen LogP contribution in [-0.4, -0.2) is 30.7 Å². The standard InChI is InChI=1S/C14H21NO4/c1-5-13(4,7-15)8-19-12(18)14(6-2)9(3)10(16)11(14)17/h3,5-8,15H2,1-2,4H3. The van der Waals surface area contributed by atoms with Crippen LogP contribution in [0.4, 0.5) is 0 Å². The summed E-state index contributed by atoms with van der Waals surface area (Å²) in [4.78, 5) is 35.1. The molecule has 2 atom stereocenters. The first-order valence-electron chi connectivity index (χ1n) is 6.45. The van der Waals surface area contributed by atoms with Crippen LogP contribution in [0.3, 0.4) is 0 Å². The normalized spacial score (nSPS) is 25.8. The van der Waals surface area contributed by atoms with Crippen molar-refractivity contribution in [2.45, 2.75) is 33.6 Å². The molecule has 0 radical (unpaired) electrons. The molecule has 5 nitrogen and oxygen atoms in total. The van der Waals surface area contributed by atoms with Crippen LogP contribution in [0.1, 0.15) is 33.6 Å². The fourth-order valence-corrected chi connectivity index (χ4v) is 2.00. The average Bonchev–Trinajstić information content (AvgIpc) is 2.45. The predicted octanol–water partition coefficient (Wildman–Crippen LogP) is 1.01. The summed E-state index contributed by atoms with van der Waals surface area (Å²) in [7, 11) is 0. The van der Waals surface area contributed by atoms with Gasteiger partial charge in [-0.1, -0.05) is 27.4 Å². The minimum Gasteiger partial charge on any atom is -0.464 e. The second-order valence-corrected chi connectivity index (χ2v) is 5.34. The summed E-state index contributed by atoms with van der Waals surface area (Å²) in [5, 5.41) is 0. The van der Waals surface area contributed by atoms with Gasteiger partial charge in [-0.25, -0.2) is 0 Å². The van der Waals surface area contributed by atoms with Crippen molar-refractivity contribution in [3.8, 4) is 0 Å². The number of hydrogen-bond donors (Lipinski definition) is 1. The molecule has 2 N–H and O–H groups in total. The fourth-order valence-electron chi connectivity index (χ4n) is 2.00. The molecule has 19 heavy (non-hydrogen) atoms. The highest BCUT2D eigenvalue weighted by Gasteiger charge is 2.62. The van der Waals surface area contributed by atoms with E-state index in [4.69, 9.17) is 10.5 Å². The number of ether oxygens (including phenoxy) is 1. The Labute approximate surface area is 113 Å². The van der Waals surface area contributed by atoms with Gasteiger partial charge in [-0.15, -0.1) is 0 Å². The van der Waals surface area contributed by atoms with Crippen LogP contribution in [0.5, 0.6) is 0 Å². The number of esters is 1. The Bertz CT molecular complexity index is 417. The summed E-state index contributed by atoms with van der Waals surface area (Å²) in [6.45, 7) is 9.56. The number of Topliss-reactive ketones (excluding diaryl/α,β-unsaturated/α-hetero) is 2. The van der Waals surface area contributed by atoms with Gasteiger partial charge >= 0.3 is 5.97 Å². The first-order chi connectivity index (χ1) is 8.79. The Morgan fingerprint density at radius 1 is 1.42 bits per heavy atom. The molecule has 5 heteroatoms. The zero-order chi connectivity index (χ0) is 14.8. The highest BCUT2D eigenvalue weighted by atomic mass is 16.5. The maximum Gasteiger partial charge on any atom is 0.324 e. The van der Waals surface area contributed by atoms with Gasteiger partial charge in [0.25, 0.3) is 0 Å². The van der Waals surface area contributed by atoms with E-state index in [0.29, 0.717) is 6.54 Å². The maximum absolute atomic E-state index is 12.1. The topological polar surface area (TPSA) is 86.5 Å². The van der Waals surface area contributed by atoms with Gasteiger partial charge in [-0.05, 0) is 12.8 Å². The molecule has 0 bridgehead atoms. The second kappa shape index (κ2) is 5.25. The second-order valence-electron chi connectivity index (χ2n) is 5.34. The molecule has 1 fully saturated rings. The Kier molecular flexibility index (Phi) is 4.30. The SMILES string of the molecule is C=C1C(=O)C(=O)C1(CC)C(=O)OCC(C)(CC)CN. The number of rotatable bonds is 6. The van der Waals surface area contributed by atoms with Crippen molar-refractivity contribution in [2.75, 3.05) is 13.2 Å². The molecule has 106 valence electrons. The minimum atomic E-state index is -1.46. The summed E-state index contributed by atoms with van der Waals surface area (Å²) in [5.74, 6) is -2.07. The molecule has 0 aromatic carbocycles. The lowest BCUT2D eigenvalue weighted by atomic mass is 9.61. The molecule has 1 aliphatic carbocycles. The number of nitrogens with two attached hydrogens (primary N) is 1. The van der Waals surface area contributed by atoms with E-state index in [0.717, 1.165) is 6.42 Å². The minimum absolute atomic E-state index is 0.0379. The summed E-state index contributed by atoms with van der Waals surface area (Å²) < 4.78 is 5.22. The largest absolute Gasteiger partial charge is 0.464 e. The lowest BCUT2D eigenvalue weighted by molar-refractivity contribution is -0.168.